The molecule has 2 aromatic carbocycles. The molecule has 0 aliphatic carbocycles. The van der Waals surface area contributed by atoms with Crippen LogP contribution in [-0.4, -0.2) is 61.0 Å². The molecule has 0 unspecified atom stereocenters. The first-order chi connectivity index (χ1) is 14.6. The van der Waals surface area contributed by atoms with E-state index in [1.54, 1.807) is 12.1 Å². The predicted molar refractivity (Wildman–Crippen MR) is 120 cm³/mol. The molecule has 4 rings (SSSR count). The number of carbonyl (C=O) groups excluding carboxylic acids is 1. The van der Waals surface area contributed by atoms with Gasteiger partial charge in [0.25, 0.3) is 0 Å². The summed E-state index contributed by atoms with van der Waals surface area (Å²) >= 11 is 6.14. The van der Waals surface area contributed by atoms with Gasteiger partial charge in [0, 0.05) is 62.4 Å². The quantitative estimate of drug-likeness (QED) is 0.711. The first-order valence-electron chi connectivity index (χ1n) is 10.9. The SMILES string of the molecule is O=C(CCc1ccccc1F)N1CCC[C@H](N2CCN(c3cccc(Cl)c3)CC2)C1. The molecule has 160 valence electrons. The molecule has 0 radical (unpaired) electrons. The molecular formula is C24H29ClFN3O. The monoisotopic (exact) mass is 429 g/mol. The molecule has 0 aromatic heterocycles. The Morgan fingerprint density at radius 3 is 2.60 bits per heavy atom. The van der Waals surface area contributed by atoms with E-state index in [0.717, 1.165) is 57.1 Å². The molecule has 0 saturated carbocycles. The Kier molecular flexibility index (Phi) is 6.90. The van der Waals surface area contributed by atoms with Gasteiger partial charge >= 0.3 is 0 Å². The number of benzene rings is 2. The molecule has 2 heterocycles. The zero-order valence-corrected chi connectivity index (χ0v) is 18.0. The molecule has 2 aliphatic rings. The molecule has 0 spiro atoms. The highest BCUT2D eigenvalue weighted by molar-refractivity contribution is 6.30. The van der Waals surface area contributed by atoms with Crippen LogP contribution in [0.15, 0.2) is 48.5 Å². The Morgan fingerprint density at radius 1 is 1.03 bits per heavy atom. The van der Waals surface area contributed by atoms with Crippen LogP contribution in [0, 0.1) is 5.82 Å². The summed E-state index contributed by atoms with van der Waals surface area (Å²) in [5.41, 5.74) is 1.80. The van der Waals surface area contributed by atoms with Gasteiger partial charge in [0.15, 0.2) is 0 Å². The van der Waals surface area contributed by atoms with E-state index in [2.05, 4.69) is 15.9 Å². The minimum Gasteiger partial charge on any atom is -0.369 e. The van der Waals surface area contributed by atoms with Crippen LogP contribution in [-0.2, 0) is 11.2 Å². The lowest BCUT2D eigenvalue weighted by Crippen LogP contribution is -2.55. The maximum atomic E-state index is 13.8. The number of nitrogens with zero attached hydrogens (tertiary/aromatic N) is 3. The lowest BCUT2D eigenvalue weighted by Gasteiger charge is -2.44. The van der Waals surface area contributed by atoms with Crippen molar-refractivity contribution in [3.63, 3.8) is 0 Å². The number of anilines is 1. The Labute approximate surface area is 183 Å². The maximum Gasteiger partial charge on any atom is 0.222 e. The summed E-state index contributed by atoms with van der Waals surface area (Å²) in [6.45, 7) is 5.53. The van der Waals surface area contributed by atoms with Crippen molar-refractivity contribution >= 4 is 23.2 Å². The van der Waals surface area contributed by atoms with Crippen molar-refractivity contribution in [2.75, 3.05) is 44.2 Å². The first kappa shape index (κ1) is 21.1. The second-order valence-corrected chi connectivity index (χ2v) is 8.67. The number of rotatable bonds is 5. The highest BCUT2D eigenvalue weighted by atomic mass is 35.5. The van der Waals surface area contributed by atoms with Gasteiger partial charge in [0.2, 0.25) is 5.91 Å². The molecular weight excluding hydrogens is 401 g/mol. The fraction of sp³-hybridized carbons (Fsp3) is 0.458. The number of hydrogen-bond donors (Lipinski definition) is 0. The topological polar surface area (TPSA) is 26.8 Å². The van der Waals surface area contributed by atoms with Crippen LogP contribution in [0.4, 0.5) is 10.1 Å². The number of halogens is 2. The molecule has 0 bridgehead atoms. The van der Waals surface area contributed by atoms with E-state index in [-0.39, 0.29) is 11.7 Å². The summed E-state index contributed by atoms with van der Waals surface area (Å²) in [6.07, 6.45) is 3.00. The number of piperazine rings is 1. The van der Waals surface area contributed by atoms with Crippen molar-refractivity contribution < 1.29 is 9.18 Å². The van der Waals surface area contributed by atoms with Crippen molar-refractivity contribution in [2.24, 2.45) is 0 Å². The number of piperidine rings is 1. The molecule has 1 amide bonds. The van der Waals surface area contributed by atoms with Crippen LogP contribution in [0.25, 0.3) is 0 Å². The number of likely N-dealkylation sites (tertiary alicyclic amines) is 1. The zero-order chi connectivity index (χ0) is 20.9. The van der Waals surface area contributed by atoms with Crippen molar-refractivity contribution in [2.45, 2.75) is 31.7 Å². The minimum absolute atomic E-state index is 0.139. The number of carbonyl (C=O) groups is 1. The third-order valence-corrected chi connectivity index (χ3v) is 6.55. The fourth-order valence-electron chi connectivity index (χ4n) is 4.60. The van der Waals surface area contributed by atoms with Crippen molar-refractivity contribution in [1.82, 2.24) is 9.80 Å². The van der Waals surface area contributed by atoms with Gasteiger partial charge in [-0.25, -0.2) is 4.39 Å². The average molecular weight is 430 g/mol. The summed E-state index contributed by atoms with van der Waals surface area (Å²) < 4.78 is 13.8. The van der Waals surface area contributed by atoms with E-state index in [9.17, 15) is 9.18 Å². The predicted octanol–water partition coefficient (Wildman–Crippen LogP) is 4.22. The molecule has 2 fully saturated rings. The second kappa shape index (κ2) is 9.80. The number of amides is 1. The smallest absolute Gasteiger partial charge is 0.222 e. The van der Waals surface area contributed by atoms with Crippen LogP contribution >= 0.6 is 11.6 Å². The largest absolute Gasteiger partial charge is 0.369 e. The normalized spacial score (nSPS) is 20.4. The van der Waals surface area contributed by atoms with Crippen molar-refractivity contribution in [3.8, 4) is 0 Å². The lowest BCUT2D eigenvalue weighted by atomic mass is 10.0. The average Bonchev–Trinajstić information content (AvgIpc) is 2.78. The van der Waals surface area contributed by atoms with Gasteiger partial charge in [-0.2, -0.15) is 0 Å². The van der Waals surface area contributed by atoms with Gasteiger partial charge in [-0.05, 0) is 49.1 Å². The van der Waals surface area contributed by atoms with Gasteiger partial charge in [-0.15, -0.1) is 0 Å². The van der Waals surface area contributed by atoms with E-state index in [4.69, 9.17) is 11.6 Å². The maximum absolute atomic E-state index is 13.8. The van der Waals surface area contributed by atoms with E-state index in [0.29, 0.717) is 24.4 Å². The molecule has 2 saturated heterocycles. The molecule has 30 heavy (non-hydrogen) atoms. The standard InChI is InChI=1S/C24H29ClFN3O/c25-20-6-3-7-21(17-20)27-13-15-28(16-14-27)22-8-4-12-29(18-22)24(30)11-10-19-5-1-2-9-23(19)26/h1-3,5-7,9,17,22H,4,8,10-16,18H2/t22-/m0/s1. The number of hydrogen-bond acceptors (Lipinski definition) is 3. The van der Waals surface area contributed by atoms with Crippen LogP contribution in [0.2, 0.25) is 5.02 Å². The Balaban J connectivity index is 1.28. The molecule has 0 N–H and O–H groups in total. The van der Waals surface area contributed by atoms with E-state index < -0.39 is 0 Å². The van der Waals surface area contributed by atoms with E-state index in [1.807, 2.05) is 29.2 Å². The highest BCUT2D eigenvalue weighted by Crippen LogP contribution is 2.23. The van der Waals surface area contributed by atoms with Crippen LogP contribution in [0.3, 0.4) is 0 Å². The lowest BCUT2D eigenvalue weighted by molar-refractivity contribution is -0.133. The van der Waals surface area contributed by atoms with Crippen LogP contribution < -0.4 is 4.90 Å². The van der Waals surface area contributed by atoms with Gasteiger partial charge < -0.3 is 9.80 Å². The van der Waals surface area contributed by atoms with Crippen molar-refractivity contribution in [1.29, 1.82) is 0 Å². The number of aryl methyl sites for hydroxylation is 1. The summed E-state index contributed by atoms with van der Waals surface area (Å²) in [7, 11) is 0. The fourth-order valence-corrected chi connectivity index (χ4v) is 4.78. The molecule has 2 aromatic rings. The summed E-state index contributed by atoms with van der Waals surface area (Å²) in [6, 6.07) is 15.2. The third-order valence-electron chi connectivity index (χ3n) is 6.32. The first-order valence-corrected chi connectivity index (χ1v) is 11.2. The van der Waals surface area contributed by atoms with Gasteiger partial charge in [0.05, 0.1) is 0 Å². The Hall–Kier alpha value is -2.11. The summed E-state index contributed by atoms with van der Waals surface area (Å²) in [5, 5.41) is 0.770. The molecule has 1 atom stereocenters. The van der Waals surface area contributed by atoms with Crippen molar-refractivity contribution in [3.05, 3.63) is 64.9 Å². The third kappa shape index (κ3) is 5.13. The zero-order valence-electron chi connectivity index (χ0n) is 17.3. The molecule has 4 nitrogen and oxygen atoms in total. The van der Waals surface area contributed by atoms with Gasteiger partial charge in [-0.1, -0.05) is 35.9 Å². The minimum atomic E-state index is -0.223. The summed E-state index contributed by atoms with van der Waals surface area (Å²) in [4.78, 5) is 19.6. The van der Waals surface area contributed by atoms with Gasteiger partial charge in [0.1, 0.15) is 5.82 Å². The summed E-state index contributed by atoms with van der Waals surface area (Å²) in [5.74, 6) is -0.0834. The molecule has 2 aliphatic heterocycles. The van der Waals surface area contributed by atoms with E-state index in [1.165, 1.54) is 11.8 Å². The Bertz CT molecular complexity index is 869. The van der Waals surface area contributed by atoms with Crippen LogP contribution in [0.5, 0.6) is 0 Å². The molecule has 6 heteroatoms. The van der Waals surface area contributed by atoms with Crippen LogP contribution in [0.1, 0.15) is 24.8 Å². The highest BCUT2D eigenvalue weighted by Gasteiger charge is 2.30. The second-order valence-electron chi connectivity index (χ2n) is 8.23. The Morgan fingerprint density at radius 2 is 1.83 bits per heavy atom. The van der Waals surface area contributed by atoms with E-state index >= 15 is 0 Å². The van der Waals surface area contributed by atoms with Gasteiger partial charge in [-0.3, -0.25) is 9.69 Å².